The van der Waals surface area contributed by atoms with Crippen LogP contribution < -0.4 is 0 Å². The molecule has 1 unspecified atom stereocenters. The van der Waals surface area contributed by atoms with Gasteiger partial charge in [0.1, 0.15) is 0 Å². The SMILES string of the molecule is CC(C1CC1)N(C)CC(=O)N(C)CC1CCCCC1. The highest BCUT2D eigenvalue weighted by atomic mass is 16.2. The van der Waals surface area contributed by atoms with Gasteiger partial charge in [-0.3, -0.25) is 9.69 Å². The normalized spacial score (nSPS) is 22.5. The van der Waals surface area contributed by atoms with Gasteiger partial charge in [-0.05, 0) is 51.5 Å². The van der Waals surface area contributed by atoms with E-state index in [2.05, 4.69) is 18.9 Å². The van der Waals surface area contributed by atoms with Crippen LogP contribution >= 0.6 is 0 Å². The summed E-state index contributed by atoms with van der Waals surface area (Å²) in [5, 5.41) is 0. The molecule has 0 aliphatic heterocycles. The topological polar surface area (TPSA) is 23.6 Å². The third-order valence-corrected chi connectivity index (χ3v) is 5.07. The fourth-order valence-electron chi connectivity index (χ4n) is 3.28. The Hall–Kier alpha value is -0.570. The molecule has 2 rings (SSSR count). The average Bonchev–Trinajstić information content (AvgIpc) is 3.23. The maximum absolute atomic E-state index is 12.3. The molecule has 2 aliphatic rings. The van der Waals surface area contributed by atoms with Gasteiger partial charge in [-0.1, -0.05) is 19.3 Å². The summed E-state index contributed by atoms with van der Waals surface area (Å²) in [5.41, 5.74) is 0. The van der Waals surface area contributed by atoms with Crippen molar-refractivity contribution in [3.63, 3.8) is 0 Å². The zero-order valence-electron chi connectivity index (χ0n) is 12.9. The van der Waals surface area contributed by atoms with Gasteiger partial charge in [0.2, 0.25) is 5.91 Å². The Balaban J connectivity index is 1.71. The van der Waals surface area contributed by atoms with Crippen molar-refractivity contribution in [3.05, 3.63) is 0 Å². The van der Waals surface area contributed by atoms with Gasteiger partial charge in [0, 0.05) is 19.6 Å². The summed E-state index contributed by atoms with van der Waals surface area (Å²) in [6.07, 6.45) is 9.40. The van der Waals surface area contributed by atoms with E-state index in [0.717, 1.165) is 18.4 Å². The standard InChI is InChI=1S/C16H30N2O/c1-13(15-9-10-15)17(2)12-16(19)18(3)11-14-7-5-4-6-8-14/h13-15H,4-12H2,1-3H3. The van der Waals surface area contributed by atoms with Crippen molar-refractivity contribution in [3.8, 4) is 0 Å². The Kier molecular flexibility index (Phi) is 5.26. The van der Waals surface area contributed by atoms with Crippen LogP contribution in [0.25, 0.3) is 0 Å². The van der Waals surface area contributed by atoms with Crippen LogP contribution in [0, 0.1) is 11.8 Å². The van der Waals surface area contributed by atoms with Crippen molar-refractivity contribution in [1.82, 2.24) is 9.80 Å². The lowest BCUT2D eigenvalue weighted by atomic mass is 9.89. The quantitative estimate of drug-likeness (QED) is 0.738. The molecule has 0 saturated heterocycles. The maximum atomic E-state index is 12.3. The molecule has 0 spiro atoms. The second-order valence-electron chi connectivity index (χ2n) is 6.77. The first-order chi connectivity index (χ1) is 9.08. The molecule has 19 heavy (non-hydrogen) atoms. The summed E-state index contributed by atoms with van der Waals surface area (Å²) in [5.74, 6) is 1.87. The Morgan fingerprint density at radius 3 is 2.32 bits per heavy atom. The number of rotatable bonds is 6. The number of carbonyl (C=O) groups excluding carboxylic acids is 1. The van der Waals surface area contributed by atoms with E-state index in [4.69, 9.17) is 0 Å². The van der Waals surface area contributed by atoms with Gasteiger partial charge in [0.25, 0.3) is 0 Å². The number of carbonyl (C=O) groups is 1. The van der Waals surface area contributed by atoms with E-state index in [0.29, 0.717) is 18.5 Å². The minimum Gasteiger partial charge on any atom is -0.344 e. The van der Waals surface area contributed by atoms with Gasteiger partial charge in [-0.2, -0.15) is 0 Å². The first-order valence-electron chi connectivity index (χ1n) is 8.02. The van der Waals surface area contributed by atoms with Gasteiger partial charge in [-0.25, -0.2) is 0 Å². The predicted molar refractivity (Wildman–Crippen MR) is 79.0 cm³/mol. The number of hydrogen-bond donors (Lipinski definition) is 0. The Bertz CT molecular complexity index is 295. The summed E-state index contributed by atoms with van der Waals surface area (Å²) in [4.78, 5) is 16.5. The maximum Gasteiger partial charge on any atom is 0.236 e. The van der Waals surface area contributed by atoms with E-state index in [1.807, 2.05) is 11.9 Å². The molecule has 3 nitrogen and oxygen atoms in total. The first-order valence-corrected chi connectivity index (χ1v) is 8.02. The highest BCUT2D eigenvalue weighted by Gasteiger charge is 2.31. The van der Waals surface area contributed by atoms with Crippen LogP contribution in [0.15, 0.2) is 0 Å². The van der Waals surface area contributed by atoms with Crippen molar-refractivity contribution in [2.24, 2.45) is 11.8 Å². The fraction of sp³-hybridized carbons (Fsp3) is 0.938. The van der Waals surface area contributed by atoms with Gasteiger partial charge < -0.3 is 4.90 Å². The highest BCUT2D eigenvalue weighted by molar-refractivity contribution is 5.78. The predicted octanol–water partition coefficient (Wildman–Crippen LogP) is 2.76. The van der Waals surface area contributed by atoms with Crippen LogP contribution in [0.5, 0.6) is 0 Å². The molecular weight excluding hydrogens is 236 g/mol. The summed E-state index contributed by atoms with van der Waals surface area (Å²) < 4.78 is 0. The molecule has 0 aromatic heterocycles. The first kappa shape index (κ1) is 14.8. The van der Waals surface area contributed by atoms with Crippen LogP contribution in [0.2, 0.25) is 0 Å². The second kappa shape index (κ2) is 6.74. The largest absolute Gasteiger partial charge is 0.344 e. The number of amides is 1. The van der Waals surface area contributed by atoms with Gasteiger partial charge in [-0.15, -0.1) is 0 Å². The van der Waals surface area contributed by atoms with Crippen molar-refractivity contribution in [2.45, 2.75) is 57.9 Å². The summed E-state index contributed by atoms with van der Waals surface area (Å²) in [6.45, 7) is 3.80. The van der Waals surface area contributed by atoms with Crippen LogP contribution in [-0.2, 0) is 4.79 Å². The summed E-state index contributed by atoms with van der Waals surface area (Å²) in [7, 11) is 4.07. The fourth-order valence-corrected chi connectivity index (χ4v) is 3.28. The van der Waals surface area contributed by atoms with Crippen molar-refractivity contribution in [2.75, 3.05) is 27.2 Å². The second-order valence-corrected chi connectivity index (χ2v) is 6.77. The lowest BCUT2D eigenvalue weighted by Crippen LogP contribution is -2.42. The van der Waals surface area contributed by atoms with Crippen molar-refractivity contribution >= 4 is 5.91 Å². The average molecular weight is 266 g/mol. The van der Waals surface area contributed by atoms with Crippen molar-refractivity contribution in [1.29, 1.82) is 0 Å². The molecule has 2 saturated carbocycles. The van der Waals surface area contributed by atoms with Gasteiger partial charge >= 0.3 is 0 Å². The minimum absolute atomic E-state index is 0.292. The van der Waals surface area contributed by atoms with E-state index >= 15 is 0 Å². The molecule has 2 fully saturated rings. The monoisotopic (exact) mass is 266 g/mol. The van der Waals surface area contributed by atoms with Gasteiger partial charge in [0.15, 0.2) is 0 Å². The molecule has 0 heterocycles. The molecule has 1 atom stereocenters. The summed E-state index contributed by atoms with van der Waals surface area (Å²) >= 11 is 0. The zero-order valence-corrected chi connectivity index (χ0v) is 12.9. The number of likely N-dealkylation sites (N-methyl/N-ethyl adjacent to an activating group) is 2. The third-order valence-electron chi connectivity index (χ3n) is 5.07. The molecule has 0 N–H and O–H groups in total. The molecular formula is C16H30N2O. The van der Waals surface area contributed by atoms with Crippen LogP contribution in [0.3, 0.4) is 0 Å². The van der Waals surface area contributed by atoms with Crippen LogP contribution in [0.1, 0.15) is 51.9 Å². The Morgan fingerprint density at radius 1 is 1.11 bits per heavy atom. The molecule has 110 valence electrons. The number of hydrogen-bond acceptors (Lipinski definition) is 2. The van der Waals surface area contributed by atoms with E-state index in [1.165, 1.54) is 44.9 Å². The Labute approximate surface area is 118 Å². The van der Waals surface area contributed by atoms with Crippen LogP contribution in [0.4, 0.5) is 0 Å². The molecule has 0 aromatic rings. The third kappa shape index (κ3) is 4.48. The number of nitrogens with zero attached hydrogens (tertiary/aromatic N) is 2. The van der Waals surface area contributed by atoms with E-state index in [1.54, 1.807) is 0 Å². The lowest BCUT2D eigenvalue weighted by molar-refractivity contribution is -0.132. The van der Waals surface area contributed by atoms with Crippen molar-refractivity contribution < 1.29 is 4.79 Å². The Morgan fingerprint density at radius 2 is 1.74 bits per heavy atom. The highest BCUT2D eigenvalue weighted by Crippen LogP contribution is 2.34. The van der Waals surface area contributed by atoms with E-state index < -0.39 is 0 Å². The lowest BCUT2D eigenvalue weighted by Gasteiger charge is -2.30. The smallest absolute Gasteiger partial charge is 0.236 e. The minimum atomic E-state index is 0.292. The molecule has 0 bridgehead atoms. The van der Waals surface area contributed by atoms with E-state index in [9.17, 15) is 4.79 Å². The molecule has 2 aliphatic carbocycles. The van der Waals surface area contributed by atoms with Gasteiger partial charge in [0.05, 0.1) is 6.54 Å². The summed E-state index contributed by atoms with van der Waals surface area (Å²) in [6, 6.07) is 0.562. The van der Waals surface area contributed by atoms with E-state index in [-0.39, 0.29) is 0 Å². The molecule has 3 heteroatoms. The van der Waals surface area contributed by atoms with Crippen LogP contribution in [-0.4, -0.2) is 48.9 Å². The molecule has 0 radical (unpaired) electrons. The molecule has 0 aromatic carbocycles. The molecule has 1 amide bonds. The zero-order chi connectivity index (χ0) is 13.8.